The van der Waals surface area contributed by atoms with Gasteiger partial charge in [0.25, 0.3) is 0 Å². The lowest BCUT2D eigenvalue weighted by molar-refractivity contribution is 0.0720. The summed E-state index contributed by atoms with van der Waals surface area (Å²) in [6.45, 7) is 7.51. The smallest absolute Gasteiger partial charge is 0.00954 e. The average molecular weight is 348 g/mol. The molecule has 1 nitrogen and oxygen atoms in total. The number of hydrogen-bond donors (Lipinski definition) is 0. The van der Waals surface area contributed by atoms with Crippen LogP contribution in [0.5, 0.6) is 0 Å². The topological polar surface area (TPSA) is 3.24 Å². The highest BCUT2D eigenvalue weighted by atomic mass is 15.2. The number of nitrogens with zero attached hydrogens (tertiary/aromatic N) is 1. The molecule has 0 unspecified atom stereocenters. The van der Waals surface area contributed by atoms with Gasteiger partial charge in [-0.3, -0.25) is 0 Å². The van der Waals surface area contributed by atoms with Crippen LogP contribution in [0.25, 0.3) is 0 Å². The Morgan fingerprint density at radius 3 is 1.72 bits per heavy atom. The molecule has 3 fully saturated rings. The average Bonchev–Trinajstić information content (AvgIpc) is 2.68. The Bertz CT molecular complexity index is 341. The first-order chi connectivity index (χ1) is 12.3. The molecule has 0 bridgehead atoms. The van der Waals surface area contributed by atoms with Crippen LogP contribution in [-0.4, -0.2) is 24.0 Å². The maximum absolute atomic E-state index is 2.88. The van der Waals surface area contributed by atoms with Crippen molar-refractivity contribution >= 4 is 0 Å². The lowest BCUT2D eigenvalue weighted by Gasteiger charge is -2.43. The molecular formula is C24H45N. The van der Waals surface area contributed by atoms with E-state index in [0.29, 0.717) is 0 Å². The Balaban J connectivity index is 1.34. The highest BCUT2D eigenvalue weighted by Gasteiger charge is 2.33. The maximum Gasteiger partial charge on any atom is 0.00954 e. The van der Waals surface area contributed by atoms with E-state index in [4.69, 9.17) is 0 Å². The minimum atomic E-state index is 0.944. The van der Waals surface area contributed by atoms with Gasteiger partial charge in [-0.05, 0) is 88.1 Å². The van der Waals surface area contributed by atoms with Gasteiger partial charge in [0.15, 0.2) is 0 Å². The van der Waals surface area contributed by atoms with Gasteiger partial charge in [0.2, 0.25) is 0 Å². The molecule has 146 valence electrons. The standard InChI is InChI=1S/C24H45N/c1-3-5-7-21-8-10-22(11-9-21)23-12-14-24(15-13-23)25-18-16-20(6-4-2)17-19-25/h20-24H,3-19H2,1-2H3. The van der Waals surface area contributed by atoms with Crippen LogP contribution in [0.1, 0.15) is 110 Å². The summed E-state index contributed by atoms with van der Waals surface area (Å²) in [7, 11) is 0. The summed E-state index contributed by atoms with van der Waals surface area (Å²) in [6, 6.07) is 0.944. The Labute approximate surface area is 158 Å². The van der Waals surface area contributed by atoms with E-state index in [1.165, 1.54) is 70.9 Å². The van der Waals surface area contributed by atoms with Crippen LogP contribution in [-0.2, 0) is 0 Å². The molecule has 25 heavy (non-hydrogen) atoms. The van der Waals surface area contributed by atoms with Gasteiger partial charge in [0, 0.05) is 6.04 Å². The molecular weight excluding hydrogens is 302 g/mol. The Morgan fingerprint density at radius 2 is 1.16 bits per heavy atom. The zero-order chi connectivity index (χ0) is 17.5. The lowest BCUT2D eigenvalue weighted by Crippen LogP contribution is -2.43. The molecule has 1 saturated heterocycles. The molecule has 0 N–H and O–H groups in total. The van der Waals surface area contributed by atoms with Crippen molar-refractivity contribution < 1.29 is 0 Å². The molecule has 0 amide bonds. The summed E-state index contributed by atoms with van der Waals surface area (Å²) in [5.74, 6) is 4.30. The molecule has 2 aliphatic carbocycles. The molecule has 3 rings (SSSR count). The zero-order valence-corrected chi connectivity index (χ0v) is 17.4. The van der Waals surface area contributed by atoms with Crippen molar-refractivity contribution in [2.45, 2.75) is 116 Å². The first-order valence-electron chi connectivity index (χ1n) is 12.0. The van der Waals surface area contributed by atoms with E-state index >= 15 is 0 Å². The van der Waals surface area contributed by atoms with Gasteiger partial charge < -0.3 is 4.90 Å². The zero-order valence-electron chi connectivity index (χ0n) is 17.4. The first kappa shape index (κ1) is 19.7. The Morgan fingerprint density at radius 1 is 0.600 bits per heavy atom. The second kappa shape index (κ2) is 10.3. The predicted molar refractivity (Wildman–Crippen MR) is 110 cm³/mol. The second-order valence-electron chi connectivity index (χ2n) is 9.76. The number of likely N-dealkylation sites (tertiary alicyclic amines) is 1. The van der Waals surface area contributed by atoms with Crippen molar-refractivity contribution in [1.82, 2.24) is 4.90 Å². The van der Waals surface area contributed by atoms with Gasteiger partial charge in [-0.2, -0.15) is 0 Å². The SMILES string of the molecule is CCCCC1CCC(C2CCC(N3CCC(CCC)CC3)CC2)CC1. The quantitative estimate of drug-likeness (QED) is 0.476. The monoisotopic (exact) mass is 347 g/mol. The molecule has 0 aromatic carbocycles. The maximum atomic E-state index is 2.88. The van der Waals surface area contributed by atoms with Gasteiger partial charge in [-0.15, -0.1) is 0 Å². The molecule has 1 aliphatic heterocycles. The summed E-state index contributed by atoms with van der Waals surface area (Å²) < 4.78 is 0. The summed E-state index contributed by atoms with van der Waals surface area (Å²) in [4.78, 5) is 2.88. The van der Waals surface area contributed by atoms with Crippen molar-refractivity contribution in [2.75, 3.05) is 13.1 Å². The van der Waals surface area contributed by atoms with E-state index in [1.807, 2.05) is 0 Å². The van der Waals surface area contributed by atoms with E-state index < -0.39 is 0 Å². The van der Waals surface area contributed by atoms with Gasteiger partial charge >= 0.3 is 0 Å². The van der Waals surface area contributed by atoms with Crippen LogP contribution < -0.4 is 0 Å². The molecule has 1 heterocycles. The lowest BCUT2D eigenvalue weighted by atomic mass is 9.69. The van der Waals surface area contributed by atoms with Gasteiger partial charge in [-0.25, -0.2) is 0 Å². The third-order valence-electron chi connectivity index (χ3n) is 8.13. The normalized spacial score (nSPS) is 35.8. The molecule has 0 aromatic heterocycles. The first-order valence-corrected chi connectivity index (χ1v) is 12.0. The fraction of sp³-hybridized carbons (Fsp3) is 1.00. The summed E-state index contributed by atoms with van der Waals surface area (Å²) in [5, 5.41) is 0. The summed E-state index contributed by atoms with van der Waals surface area (Å²) in [6.07, 6.45) is 22.5. The van der Waals surface area contributed by atoms with E-state index in [0.717, 1.165) is 29.7 Å². The number of rotatable bonds is 7. The Hall–Kier alpha value is -0.0400. The van der Waals surface area contributed by atoms with Crippen LogP contribution in [0.15, 0.2) is 0 Å². The van der Waals surface area contributed by atoms with E-state index in [1.54, 1.807) is 38.5 Å². The third kappa shape index (κ3) is 5.72. The van der Waals surface area contributed by atoms with Crippen LogP contribution in [0.4, 0.5) is 0 Å². The largest absolute Gasteiger partial charge is 0.300 e. The summed E-state index contributed by atoms with van der Waals surface area (Å²) >= 11 is 0. The van der Waals surface area contributed by atoms with Crippen molar-refractivity contribution in [3.63, 3.8) is 0 Å². The molecule has 0 radical (unpaired) electrons. The number of hydrogen-bond acceptors (Lipinski definition) is 1. The number of piperidine rings is 1. The molecule has 0 aromatic rings. The second-order valence-corrected chi connectivity index (χ2v) is 9.76. The number of unbranched alkanes of at least 4 members (excludes halogenated alkanes) is 1. The molecule has 0 atom stereocenters. The highest BCUT2D eigenvalue weighted by Crippen LogP contribution is 2.42. The van der Waals surface area contributed by atoms with Crippen molar-refractivity contribution in [1.29, 1.82) is 0 Å². The van der Waals surface area contributed by atoms with Gasteiger partial charge in [0.1, 0.15) is 0 Å². The molecule has 3 aliphatic rings. The van der Waals surface area contributed by atoms with E-state index in [-0.39, 0.29) is 0 Å². The molecule has 0 spiro atoms. The minimum Gasteiger partial charge on any atom is -0.300 e. The predicted octanol–water partition coefficient (Wildman–Crippen LogP) is 7.05. The van der Waals surface area contributed by atoms with Crippen LogP contribution in [0.3, 0.4) is 0 Å². The van der Waals surface area contributed by atoms with Gasteiger partial charge in [0.05, 0.1) is 0 Å². The Kier molecular flexibility index (Phi) is 8.15. The third-order valence-corrected chi connectivity index (χ3v) is 8.13. The van der Waals surface area contributed by atoms with E-state index in [9.17, 15) is 0 Å². The molecule has 2 saturated carbocycles. The fourth-order valence-electron chi connectivity index (χ4n) is 6.39. The van der Waals surface area contributed by atoms with Crippen molar-refractivity contribution in [3.8, 4) is 0 Å². The fourth-order valence-corrected chi connectivity index (χ4v) is 6.39. The van der Waals surface area contributed by atoms with Crippen molar-refractivity contribution in [2.24, 2.45) is 23.7 Å². The molecule has 1 heteroatoms. The van der Waals surface area contributed by atoms with Crippen LogP contribution in [0.2, 0.25) is 0 Å². The van der Waals surface area contributed by atoms with Crippen LogP contribution in [0, 0.1) is 23.7 Å². The minimum absolute atomic E-state index is 0.944. The van der Waals surface area contributed by atoms with Crippen LogP contribution >= 0.6 is 0 Å². The van der Waals surface area contributed by atoms with Gasteiger partial charge in [-0.1, -0.05) is 58.8 Å². The van der Waals surface area contributed by atoms with Crippen molar-refractivity contribution in [3.05, 3.63) is 0 Å². The van der Waals surface area contributed by atoms with E-state index in [2.05, 4.69) is 18.7 Å². The highest BCUT2D eigenvalue weighted by molar-refractivity contribution is 4.86. The summed E-state index contributed by atoms with van der Waals surface area (Å²) in [5.41, 5.74) is 0.